The van der Waals surface area contributed by atoms with Gasteiger partial charge < -0.3 is 0 Å². The van der Waals surface area contributed by atoms with E-state index >= 15 is 0 Å². The highest BCUT2D eigenvalue weighted by Gasteiger charge is 2.32. The normalized spacial score (nSPS) is 19.4. The number of aryl methyl sites for hydroxylation is 1. The highest BCUT2D eigenvalue weighted by atomic mass is 35.5. The Bertz CT molecular complexity index is 842. The van der Waals surface area contributed by atoms with E-state index in [-0.39, 0.29) is 5.92 Å². The van der Waals surface area contributed by atoms with Crippen LogP contribution < -0.4 is 0 Å². The van der Waals surface area contributed by atoms with E-state index < -0.39 is 10.0 Å². The molecule has 0 bridgehead atoms. The quantitative estimate of drug-likeness (QED) is 0.760. The fourth-order valence-electron chi connectivity index (χ4n) is 3.04. The van der Waals surface area contributed by atoms with Gasteiger partial charge in [0.05, 0.1) is 4.90 Å². The van der Waals surface area contributed by atoms with Crippen molar-refractivity contribution in [2.45, 2.75) is 24.2 Å². The highest BCUT2D eigenvalue weighted by molar-refractivity contribution is 7.89. The third-order valence-electron chi connectivity index (χ3n) is 4.36. The minimum absolute atomic E-state index is 0.101. The zero-order valence-corrected chi connectivity index (χ0v) is 15.1. The van der Waals surface area contributed by atoms with Crippen LogP contribution in [-0.4, -0.2) is 25.8 Å². The molecule has 1 unspecified atom stereocenters. The van der Waals surface area contributed by atoms with Gasteiger partial charge >= 0.3 is 0 Å². The second-order valence-corrected chi connectivity index (χ2v) is 8.69. The molecule has 1 aliphatic rings. The van der Waals surface area contributed by atoms with Gasteiger partial charge in [0, 0.05) is 24.0 Å². The maximum absolute atomic E-state index is 12.9. The first-order valence-corrected chi connectivity index (χ1v) is 9.67. The Kier molecular flexibility index (Phi) is 4.81. The van der Waals surface area contributed by atoms with Crippen LogP contribution in [-0.2, 0) is 10.0 Å². The predicted molar refractivity (Wildman–Crippen MR) is 97.9 cm³/mol. The molecule has 0 radical (unpaired) electrons. The van der Waals surface area contributed by atoms with Crippen molar-refractivity contribution in [3.8, 4) is 0 Å². The van der Waals surface area contributed by atoms with E-state index in [0.717, 1.165) is 23.1 Å². The summed E-state index contributed by atoms with van der Waals surface area (Å²) in [5.74, 6) is 0.101. The molecule has 1 saturated heterocycles. The number of halogens is 1. The first kappa shape index (κ1) is 17.2. The number of benzene rings is 2. The Hall–Kier alpha value is -1.62. The average Bonchev–Trinajstić information content (AvgIpc) is 2.55. The molecule has 0 saturated carbocycles. The van der Waals surface area contributed by atoms with E-state index in [2.05, 4.69) is 6.58 Å². The van der Waals surface area contributed by atoms with Crippen LogP contribution in [0.4, 0.5) is 0 Å². The van der Waals surface area contributed by atoms with Gasteiger partial charge in [-0.05, 0) is 43.2 Å². The summed E-state index contributed by atoms with van der Waals surface area (Å²) in [5, 5.41) is 0.678. The predicted octanol–water partition coefficient (Wildman–Crippen LogP) is 4.38. The Morgan fingerprint density at radius 1 is 1.08 bits per heavy atom. The summed E-state index contributed by atoms with van der Waals surface area (Å²) in [6.07, 6.45) is 0.793. The lowest BCUT2D eigenvalue weighted by Gasteiger charge is -2.33. The van der Waals surface area contributed by atoms with Crippen molar-refractivity contribution in [1.29, 1.82) is 0 Å². The van der Waals surface area contributed by atoms with E-state index in [9.17, 15) is 8.42 Å². The van der Waals surface area contributed by atoms with Crippen LogP contribution in [0, 0.1) is 6.92 Å². The molecule has 5 heteroatoms. The molecule has 24 heavy (non-hydrogen) atoms. The number of hydrogen-bond acceptors (Lipinski definition) is 2. The summed E-state index contributed by atoms with van der Waals surface area (Å²) in [6, 6.07) is 14.6. The largest absolute Gasteiger partial charge is 0.243 e. The lowest BCUT2D eigenvalue weighted by Crippen LogP contribution is -2.40. The average molecular weight is 362 g/mol. The van der Waals surface area contributed by atoms with Gasteiger partial charge in [-0.2, -0.15) is 4.31 Å². The second kappa shape index (κ2) is 6.71. The van der Waals surface area contributed by atoms with E-state index in [1.807, 2.05) is 43.3 Å². The molecular formula is C19H20ClNO2S. The van der Waals surface area contributed by atoms with Crippen LogP contribution in [0.3, 0.4) is 0 Å². The molecule has 1 aliphatic heterocycles. The molecule has 3 rings (SSSR count). The third kappa shape index (κ3) is 3.56. The second-order valence-electron chi connectivity index (χ2n) is 6.31. The first-order valence-electron chi connectivity index (χ1n) is 7.85. The molecule has 1 fully saturated rings. The molecule has 0 spiro atoms. The molecule has 0 aromatic heterocycles. The molecule has 0 N–H and O–H groups in total. The Balaban J connectivity index is 1.89. The van der Waals surface area contributed by atoms with Crippen molar-refractivity contribution < 1.29 is 8.42 Å². The summed E-state index contributed by atoms with van der Waals surface area (Å²) in [7, 11) is -3.51. The van der Waals surface area contributed by atoms with Gasteiger partial charge in [-0.1, -0.05) is 53.6 Å². The summed E-state index contributed by atoms with van der Waals surface area (Å²) >= 11 is 5.95. The Morgan fingerprint density at radius 3 is 2.33 bits per heavy atom. The monoisotopic (exact) mass is 361 g/mol. The molecule has 2 aromatic carbocycles. The molecule has 1 atom stereocenters. The van der Waals surface area contributed by atoms with Crippen LogP contribution in [0.1, 0.15) is 23.5 Å². The van der Waals surface area contributed by atoms with Gasteiger partial charge in [0.25, 0.3) is 0 Å². The van der Waals surface area contributed by atoms with Crippen molar-refractivity contribution in [1.82, 2.24) is 4.31 Å². The molecule has 3 nitrogen and oxygen atoms in total. The first-order chi connectivity index (χ1) is 11.4. The van der Waals surface area contributed by atoms with Crippen LogP contribution >= 0.6 is 11.6 Å². The Morgan fingerprint density at radius 2 is 1.71 bits per heavy atom. The van der Waals surface area contributed by atoms with Gasteiger partial charge in [0.1, 0.15) is 0 Å². The summed E-state index contributed by atoms with van der Waals surface area (Å²) < 4.78 is 27.4. The van der Waals surface area contributed by atoms with Crippen molar-refractivity contribution >= 4 is 21.6 Å². The molecule has 126 valence electrons. The van der Waals surface area contributed by atoms with Gasteiger partial charge in [0.15, 0.2) is 0 Å². The molecule has 1 heterocycles. The standard InChI is InChI=1S/C19H20ClNO2S/c1-14-3-9-19(10-4-14)24(22,23)21-12-15(2)11-17(13-21)16-5-7-18(20)8-6-16/h3-10,17H,2,11-13H2,1H3. The van der Waals surface area contributed by atoms with Gasteiger partial charge in [-0.25, -0.2) is 8.42 Å². The molecule has 0 aliphatic carbocycles. The van der Waals surface area contributed by atoms with Gasteiger partial charge in [0.2, 0.25) is 10.0 Å². The summed E-state index contributed by atoms with van der Waals surface area (Å²) in [4.78, 5) is 0.331. The van der Waals surface area contributed by atoms with E-state index in [0.29, 0.717) is 23.0 Å². The number of nitrogens with zero attached hydrogens (tertiary/aromatic N) is 1. The van der Waals surface area contributed by atoms with Gasteiger partial charge in [-0.15, -0.1) is 0 Å². The summed E-state index contributed by atoms with van der Waals surface area (Å²) in [5.41, 5.74) is 3.05. The van der Waals surface area contributed by atoms with E-state index in [1.165, 1.54) is 4.31 Å². The highest BCUT2D eigenvalue weighted by Crippen LogP contribution is 2.32. The third-order valence-corrected chi connectivity index (χ3v) is 6.44. The number of hydrogen-bond donors (Lipinski definition) is 0. The van der Waals surface area contributed by atoms with Crippen LogP contribution in [0.5, 0.6) is 0 Å². The fourth-order valence-corrected chi connectivity index (χ4v) is 4.67. The zero-order valence-electron chi connectivity index (χ0n) is 13.6. The number of piperidine rings is 1. The lowest BCUT2D eigenvalue weighted by molar-refractivity contribution is 0.365. The van der Waals surface area contributed by atoms with Gasteiger partial charge in [-0.3, -0.25) is 0 Å². The van der Waals surface area contributed by atoms with Crippen molar-refractivity contribution in [3.63, 3.8) is 0 Å². The fraction of sp³-hybridized carbons (Fsp3) is 0.263. The maximum Gasteiger partial charge on any atom is 0.243 e. The van der Waals surface area contributed by atoms with E-state index in [4.69, 9.17) is 11.6 Å². The molecule has 2 aromatic rings. The molecule has 0 amide bonds. The van der Waals surface area contributed by atoms with Crippen LogP contribution in [0.15, 0.2) is 65.6 Å². The maximum atomic E-state index is 12.9. The minimum atomic E-state index is -3.51. The number of sulfonamides is 1. The van der Waals surface area contributed by atoms with Crippen molar-refractivity contribution in [3.05, 3.63) is 76.8 Å². The minimum Gasteiger partial charge on any atom is -0.207 e. The van der Waals surface area contributed by atoms with Crippen molar-refractivity contribution in [2.24, 2.45) is 0 Å². The zero-order chi connectivity index (χ0) is 17.3. The number of rotatable bonds is 3. The smallest absolute Gasteiger partial charge is 0.207 e. The lowest BCUT2D eigenvalue weighted by atomic mass is 9.90. The molecular weight excluding hydrogens is 342 g/mol. The topological polar surface area (TPSA) is 37.4 Å². The van der Waals surface area contributed by atoms with Crippen molar-refractivity contribution in [2.75, 3.05) is 13.1 Å². The summed E-state index contributed by atoms with van der Waals surface area (Å²) in [6.45, 7) is 6.82. The van der Waals surface area contributed by atoms with E-state index in [1.54, 1.807) is 12.1 Å². The van der Waals surface area contributed by atoms with Crippen LogP contribution in [0.25, 0.3) is 0 Å². The Labute approximate surface area is 148 Å². The SMILES string of the molecule is C=C1CC(c2ccc(Cl)cc2)CN(S(=O)(=O)c2ccc(C)cc2)C1. The van der Waals surface area contributed by atoms with Crippen LogP contribution in [0.2, 0.25) is 5.02 Å².